The molecule has 0 aliphatic carbocycles. The summed E-state index contributed by atoms with van der Waals surface area (Å²) in [6, 6.07) is -0.183. The lowest BCUT2D eigenvalue weighted by atomic mass is 10.1. The molecule has 0 heterocycles. The molecule has 0 fully saturated rings. The van der Waals surface area contributed by atoms with Crippen LogP contribution in [-0.2, 0) is 9.59 Å². The zero-order valence-corrected chi connectivity index (χ0v) is 9.03. The molecule has 0 aromatic carbocycles. The predicted molar refractivity (Wildman–Crippen MR) is 55.4 cm³/mol. The number of carbonyl (C=O) groups excluding carboxylic acids is 1. The van der Waals surface area contributed by atoms with Gasteiger partial charge in [-0.25, -0.2) is 0 Å². The molecule has 1 amide bonds. The second kappa shape index (κ2) is 8.23. The lowest BCUT2D eigenvalue weighted by Gasteiger charge is -2.13. The number of rotatable bonds is 8. The van der Waals surface area contributed by atoms with Crippen molar-refractivity contribution in [3.05, 3.63) is 0 Å². The maximum absolute atomic E-state index is 11.2. The Morgan fingerprint density at radius 2 is 1.87 bits per heavy atom. The lowest BCUT2D eigenvalue weighted by Crippen LogP contribution is -2.36. The molecular weight excluding hydrogens is 198 g/mol. The van der Waals surface area contributed by atoms with Gasteiger partial charge in [-0.15, -0.1) is 0 Å². The van der Waals surface area contributed by atoms with Crippen molar-refractivity contribution in [2.24, 2.45) is 0 Å². The minimum atomic E-state index is -0.836. The summed E-state index contributed by atoms with van der Waals surface area (Å²) < 4.78 is 0. The van der Waals surface area contributed by atoms with E-state index in [1.165, 1.54) is 0 Å². The molecule has 5 nitrogen and oxygen atoms in total. The van der Waals surface area contributed by atoms with Crippen molar-refractivity contribution < 1.29 is 19.8 Å². The van der Waals surface area contributed by atoms with Crippen molar-refractivity contribution in [3.63, 3.8) is 0 Å². The summed E-state index contributed by atoms with van der Waals surface area (Å²) in [5.74, 6) is -0.960. The smallest absolute Gasteiger partial charge is 0.303 e. The van der Waals surface area contributed by atoms with Gasteiger partial charge >= 0.3 is 5.97 Å². The largest absolute Gasteiger partial charge is 0.481 e. The fourth-order valence-electron chi connectivity index (χ4n) is 1.14. The number of amides is 1. The van der Waals surface area contributed by atoms with E-state index in [-0.39, 0.29) is 25.0 Å². The Hall–Kier alpha value is -1.10. The average molecular weight is 217 g/mol. The third-order valence-electron chi connectivity index (χ3n) is 2.12. The summed E-state index contributed by atoms with van der Waals surface area (Å²) in [5, 5.41) is 19.9. The number of carbonyl (C=O) groups is 2. The molecule has 0 unspecified atom stereocenters. The number of hydrogen-bond acceptors (Lipinski definition) is 3. The third-order valence-corrected chi connectivity index (χ3v) is 2.12. The topological polar surface area (TPSA) is 86.6 Å². The first-order valence-electron chi connectivity index (χ1n) is 5.22. The zero-order chi connectivity index (χ0) is 11.7. The molecule has 0 aromatic rings. The molecule has 0 aromatic heterocycles. The second-order valence-electron chi connectivity index (χ2n) is 3.46. The van der Waals surface area contributed by atoms with Crippen LogP contribution in [0.25, 0.3) is 0 Å². The van der Waals surface area contributed by atoms with Gasteiger partial charge in [-0.05, 0) is 19.3 Å². The molecule has 0 aliphatic heterocycles. The highest BCUT2D eigenvalue weighted by Crippen LogP contribution is 2.00. The minimum absolute atomic E-state index is 0.0582. The van der Waals surface area contributed by atoms with Crippen molar-refractivity contribution in [2.75, 3.05) is 6.61 Å². The summed E-state index contributed by atoms with van der Waals surface area (Å²) in [4.78, 5) is 21.4. The number of carboxylic acids is 1. The van der Waals surface area contributed by atoms with Gasteiger partial charge in [0.05, 0.1) is 12.6 Å². The van der Waals surface area contributed by atoms with E-state index in [0.29, 0.717) is 25.7 Å². The van der Waals surface area contributed by atoms with Gasteiger partial charge in [0.15, 0.2) is 0 Å². The van der Waals surface area contributed by atoms with Gasteiger partial charge in [0.25, 0.3) is 0 Å². The molecule has 5 heteroatoms. The van der Waals surface area contributed by atoms with E-state index in [2.05, 4.69) is 5.32 Å². The van der Waals surface area contributed by atoms with Gasteiger partial charge in [0.2, 0.25) is 5.91 Å². The molecule has 0 saturated heterocycles. The van der Waals surface area contributed by atoms with Crippen LogP contribution < -0.4 is 5.32 Å². The van der Waals surface area contributed by atoms with Crippen molar-refractivity contribution in [1.82, 2.24) is 5.32 Å². The van der Waals surface area contributed by atoms with Gasteiger partial charge in [0, 0.05) is 12.8 Å². The summed E-state index contributed by atoms with van der Waals surface area (Å²) in [7, 11) is 0. The van der Waals surface area contributed by atoms with Crippen molar-refractivity contribution in [2.45, 2.75) is 45.1 Å². The van der Waals surface area contributed by atoms with E-state index in [1.54, 1.807) is 0 Å². The molecule has 0 aliphatic rings. The van der Waals surface area contributed by atoms with Crippen LogP contribution in [0.4, 0.5) is 0 Å². The number of hydrogen-bond donors (Lipinski definition) is 3. The van der Waals surface area contributed by atoms with Gasteiger partial charge in [-0.1, -0.05) is 6.92 Å². The maximum Gasteiger partial charge on any atom is 0.303 e. The van der Waals surface area contributed by atoms with Gasteiger partial charge < -0.3 is 15.5 Å². The molecule has 15 heavy (non-hydrogen) atoms. The highest BCUT2D eigenvalue weighted by atomic mass is 16.4. The van der Waals surface area contributed by atoms with E-state index in [4.69, 9.17) is 10.2 Å². The Kier molecular flexibility index (Phi) is 7.62. The van der Waals surface area contributed by atoms with Gasteiger partial charge in [0.1, 0.15) is 0 Å². The van der Waals surface area contributed by atoms with E-state index >= 15 is 0 Å². The van der Waals surface area contributed by atoms with Crippen LogP contribution in [0.15, 0.2) is 0 Å². The van der Waals surface area contributed by atoms with Crippen molar-refractivity contribution >= 4 is 11.9 Å². The van der Waals surface area contributed by atoms with Crippen LogP contribution in [0, 0.1) is 0 Å². The minimum Gasteiger partial charge on any atom is -0.481 e. The van der Waals surface area contributed by atoms with Crippen LogP contribution in [-0.4, -0.2) is 34.7 Å². The number of carboxylic acid groups (broad SMARTS) is 1. The van der Waals surface area contributed by atoms with Crippen molar-refractivity contribution in [1.29, 1.82) is 0 Å². The van der Waals surface area contributed by atoms with Gasteiger partial charge in [-0.3, -0.25) is 9.59 Å². The number of unbranched alkanes of at least 4 members (excludes halogenated alkanes) is 1. The molecule has 0 bridgehead atoms. The predicted octanol–water partition coefficient (Wildman–Crippen LogP) is 0.518. The van der Waals surface area contributed by atoms with E-state index in [1.807, 2.05) is 6.92 Å². The first-order chi connectivity index (χ1) is 7.10. The summed E-state index contributed by atoms with van der Waals surface area (Å²) in [5.41, 5.74) is 0. The molecule has 1 atom stereocenters. The van der Waals surface area contributed by atoms with Crippen LogP contribution >= 0.6 is 0 Å². The highest BCUT2D eigenvalue weighted by Gasteiger charge is 2.08. The average Bonchev–Trinajstić information content (AvgIpc) is 2.20. The van der Waals surface area contributed by atoms with E-state index in [0.717, 1.165) is 0 Å². The first-order valence-corrected chi connectivity index (χ1v) is 5.22. The SMILES string of the molecule is CC[C@@H](CO)NC(=O)CCCCC(=O)O. The number of aliphatic carboxylic acids is 1. The molecule has 0 saturated carbocycles. The molecular formula is C10H19NO4. The van der Waals surface area contributed by atoms with Crippen LogP contribution in [0.3, 0.4) is 0 Å². The fourth-order valence-corrected chi connectivity index (χ4v) is 1.14. The number of nitrogens with one attached hydrogen (secondary N) is 1. The Balaban J connectivity index is 3.52. The summed E-state index contributed by atoms with van der Waals surface area (Å²) in [6.45, 7) is 1.82. The summed E-state index contributed by atoms with van der Waals surface area (Å²) in [6.07, 6.45) is 2.20. The lowest BCUT2D eigenvalue weighted by molar-refractivity contribution is -0.137. The maximum atomic E-state index is 11.2. The molecule has 0 spiro atoms. The zero-order valence-electron chi connectivity index (χ0n) is 9.03. The number of aliphatic hydroxyl groups is 1. The Bertz CT molecular complexity index is 202. The monoisotopic (exact) mass is 217 g/mol. The number of aliphatic hydroxyl groups excluding tert-OH is 1. The van der Waals surface area contributed by atoms with E-state index in [9.17, 15) is 9.59 Å². The van der Waals surface area contributed by atoms with E-state index < -0.39 is 5.97 Å². The molecule has 88 valence electrons. The molecule has 0 rings (SSSR count). The van der Waals surface area contributed by atoms with Gasteiger partial charge in [-0.2, -0.15) is 0 Å². The second-order valence-corrected chi connectivity index (χ2v) is 3.46. The quantitative estimate of drug-likeness (QED) is 0.517. The summed E-state index contributed by atoms with van der Waals surface area (Å²) >= 11 is 0. The normalized spacial score (nSPS) is 12.1. The van der Waals surface area contributed by atoms with Crippen LogP contribution in [0.2, 0.25) is 0 Å². The molecule has 3 N–H and O–H groups in total. The van der Waals surface area contributed by atoms with Crippen LogP contribution in [0.5, 0.6) is 0 Å². The first kappa shape index (κ1) is 13.9. The highest BCUT2D eigenvalue weighted by molar-refractivity contribution is 5.76. The standard InChI is InChI=1S/C10H19NO4/c1-2-8(7-12)11-9(13)5-3-4-6-10(14)15/h8,12H,2-7H2,1H3,(H,11,13)(H,14,15)/t8-/m0/s1. The Morgan fingerprint density at radius 1 is 1.27 bits per heavy atom. The Labute approximate surface area is 89.5 Å². The fraction of sp³-hybridized carbons (Fsp3) is 0.800. The van der Waals surface area contributed by atoms with Crippen molar-refractivity contribution in [3.8, 4) is 0 Å². The Morgan fingerprint density at radius 3 is 2.33 bits per heavy atom. The van der Waals surface area contributed by atoms with Crippen LogP contribution in [0.1, 0.15) is 39.0 Å². The third kappa shape index (κ3) is 7.93. The molecule has 0 radical (unpaired) electrons.